The first-order valence-corrected chi connectivity index (χ1v) is 9.74. The fourth-order valence-corrected chi connectivity index (χ4v) is 4.03. The second-order valence-corrected chi connectivity index (χ2v) is 7.40. The van der Waals surface area contributed by atoms with Gasteiger partial charge in [-0.1, -0.05) is 37.5 Å². The minimum absolute atomic E-state index is 0.472. The minimum atomic E-state index is -0.524. The van der Waals surface area contributed by atoms with Crippen molar-refractivity contribution in [2.45, 2.75) is 51.2 Å². The Kier molecular flexibility index (Phi) is 4.07. The summed E-state index contributed by atoms with van der Waals surface area (Å²) in [6.07, 6.45) is 5.69. The molecule has 2 aliphatic rings. The summed E-state index contributed by atoms with van der Waals surface area (Å²) in [7, 11) is 0. The number of imidazole rings is 1. The molecule has 0 amide bonds. The van der Waals surface area contributed by atoms with Crippen LogP contribution in [0.1, 0.15) is 61.5 Å². The fourth-order valence-electron chi connectivity index (χ4n) is 4.03. The molecule has 5 nitrogen and oxygen atoms in total. The molecular formula is C22H23N3O2. The van der Waals surface area contributed by atoms with Gasteiger partial charge in [0, 0.05) is 11.6 Å². The van der Waals surface area contributed by atoms with Gasteiger partial charge in [0.1, 0.15) is 17.2 Å². The van der Waals surface area contributed by atoms with Gasteiger partial charge in [-0.15, -0.1) is 0 Å². The van der Waals surface area contributed by atoms with E-state index in [0.29, 0.717) is 5.92 Å². The molecule has 1 aliphatic carbocycles. The van der Waals surface area contributed by atoms with Gasteiger partial charge < -0.3 is 14.5 Å². The quantitative estimate of drug-likeness (QED) is 0.688. The predicted octanol–water partition coefficient (Wildman–Crippen LogP) is 5.30. The van der Waals surface area contributed by atoms with E-state index in [9.17, 15) is 0 Å². The maximum atomic E-state index is 6.06. The molecule has 0 unspecified atom stereocenters. The van der Waals surface area contributed by atoms with E-state index in [1.165, 1.54) is 32.1 Å². The van der Waals surface area contributed by atoms with Crippen LogP contribution >= 0.6 is 0 Å². The summed E-state index contributed by atoms with van der Waals surface area (Å²) in [5.41, 5.74) is 3.51. The smallest absolute Gasteiger partial charge is 0.285 e. The van der Waals surface area contributed by atoms with Gasteiger partial charge in [0.15, 0.2) is 11.5 Å². The second kappa shape index (κ2) is 6.72. The molecule has 1 saturated carbocycles. The summed E-state index contributed by atoms with van der Waals surface area (Å²) >= 11 is 0. The zero-order valence-corrected chi connectivity index (χ0v) is 15.4. The van der Waals surface area contributed by atoms with E-state index >= 15 is 0 Å². The number of benzene rings is 1. The van der Waals surface area contributed by atoms with Crippen LogP contribution in [0, 0.1) is 6.92 Å². The number of nitrogens with zero attached hydrogens (tertiary/aromatic N) is 2. The summed E-state index contributed by atoms with van der Waals surface area (Å²) in [6, 6.07) is 13.8. The summed E-state index contributed by atoms with van der Waals surface area (Å²) in [5.74, 6) is 3.03. The predicted molar refractivity (Wildman–Crippen MR) is 103 cm³/mol. The number of fused-ring (bicyclic) bond motifs is 1. The largest absolute Gasteiger partial charge is 0.445 e. The van der Waals surface area contributed by atoms with Crippen LogP contribution in [0.25, 0.3) is 11.4 Å². The Morgan fingerprint density at radius 2 is 1.63 bits per heavy atom. The number of pyridine rings is 1. The Balaban J connectivity index is 1.55. The van der Waals surface area contributed by atoms with Crippen LogP contribution in [-0.2, 0) is 0 Å². The molecule has 5 heteroatoms. The van der Waals surface area contributed by atoms with Gasteiger partial charge in [0.05, 0.1) is 5.69 Å². The lowest BCUT2D eigenvalue weighted by atomic mass is 9.89. The third-order valence-electron chi connectivity index (χ3n) is 5.43. The van der Waals surface area contributed by atoms with Crippen LogP contribution in [0.4, 0.5) is 0 Å². The molecule has 0 spiro atoms. The van der Waals surface area contributed by atoms with Gasteiger partial charge in [-0.3, -0.25) is 4.98 Å². The number of hydrogen-bond donors (Lipinski definition) is 1. The molecule has 0 radical (unpaired) electrons. The first kappa shape index (κ1) is 16.4. The summed E-state index contributed by atoms with van der Waals surface area (Å²) < 4.78 is 12.1. The average Bonchev–Trinajstić information content (AvgIpc) is 3.33. The lowest BCUT2D eigenvalue weighted by Crippen LogP contribution is -2.11. The zero-order valence-electron chi connectivity index (χ0n) is 15.4. The molecule has 1 aromatic carbocycles. The molecular weight excluding hydrogens is 338 g/mol. The van der Waals surface area contributed by atoms with Gasteiger partial charge in [-0.2, -0.15) is 0 Å². The summed E-state index contributed by atoms with van der Waals surface area (Å²) in [6.45, 7) is 2.00. The van der Waals surface area contributed by atoms with Crippen molar-refractivity contribution in [1.82, 2.24) is 15.0 Å². The van der Waals surface area contributed by atoms with Crippen molar-refractivity contribution in [3.63, 3.8) is 0 Å². The molecule has 2 aromatic heterocycles. The van der Waals surface area contributed by atoms with Crippen molar-refractivity contribution in [2.75, 3.05) is 0 Å². The highest BCUT2D eigenvalue weighted by atomic mass is 16.7. The number of aromatic nitrogens is 3. The molecule has 3 aromatic rings. The van der Waals surface area contributed by atoms with Crippen LogP contribution < -0.4 is 9.47 Å². The van der Waals surface area contributed by atoms with Crippen molar-refractivity contribution in [2.24, 2.45) is 0 Å². The topological polar surface area (TPSA) is 60.0 Å². The molecule has 0 saturated heterocycles. The standard InChI is InChI=1S/C22H23N3O2/c1-14-8-7-11-16(23-14)19-20(22-26-17-12-5-6-13-18(17)27-22)25-21(24-19)15-9-3-2-4-10-15/h5-8,11-13,15,22H,2-4,9-10H2,1H3,(H,24,25). The monoisotopic (exact) mass is 361 g/mol. The van der Waals surface area contributed by atoms with E-state index in [0.717, 1.165) is 40.1 Å². The molecule has 1 aliphatic heterocycles. The fraction of sp³-hybridized carbons (Fsp3) is 0.364. The van der Waals surface area contributed by atoms with Gasteiger partial charge in [-0.05, 0) is 44.0 Å². The summed E-state index contributed by atoms with van der Waals surface area (Å²) in [5, 5.41) is 0. The number of ether oxygens (including phenoxy) is 2. The normalized spacial score (nSPS) is 17.4. The van der Waals surface area contributed by atoms with Crippen molar-refractivity contribution in [3.05, 3.63) is 59.7 Å². The van der Waals surface area contributed by atoms with E-state index in [-0.39, 0.29) is 0 Å². The molecule has 3 heterocycles. The molecule has 1 N–H and O–H groups in total. The van der Waals surface area contributed by atoms with Crippen LogP contribution in [0.3, 0.4) is 0 Å². The number of rotatable bonds is 3. The van der Waals surface area contributed by atoms with Gasteiger partial charge in [0.2, 0.25) is 0 Å². The van der Waals surface area contributed by atoms with Crippen molar-refractivity contribution in [3.8, 4) is 22.9 Å². The Morgan fingerprint density at radius 3 is 2.33 bits per heavy atom. The number of H-pyrrole nitrogens is 1. The van der Waals surface area contributed by atoms with Crippen molar-refractivity contribution < 1.29 is 9.47 Å². The number of para-hydroxylation sites is 2. The minimum Gasteiger partial charge on any atom is -0.445 e. The van der Waals surface area contributed by atoms with E-state index in [2.05, 4.69) is 9.97 Å². The molecule has 0 bridgehead atoms. The Morgan fingerprint density at radius 1 is 0.889 bits per heavy atom. The highest BCUT2D eigenvalue weighted by molar-refractivity contribution is 5.59. The number of nitrogens with one attached hydrogen (secondary N) is 1. The highest BCUT2D eigenvalue weighted by Crippen LogP contribution is 2.42. The van der Waals surface area contributed by atoms with Gasteiger partial charge in [0.25, 0.3) is 6.29 Å². The lowest BCUT2D eigenvalue weighted by Gasteiger charge is -2.19. The Hall–Kier alpha value is -2.82. The Bertz CT molecular complexity index is 935. The van der Waals surface area contributed by atoms with Crippen molar-refractivity contribution in [1.29, 1.82) is 0 Å². The van der Waals surface area contributed by atoms with Crippen LogP contribution in [0.5, 0.6) is 11.5 Å². The van der Waals surface area contributed by atoms with E-state index < -0.39 is 6.29 Å². The first-order chi connectivity index (χ1) is 13.3. The SMILES string of the molecule is Cc1cccc(-c2nc(C3CCCCC3)[nH]c2C2Oc3ccccc3O2)n1. The second-order valence-electron chi connectivity index (χ2n) is 7.40. The maximum absolute atomic E-state index is 6.06. The molecule has 27 heavy (non-hydrogen) atoms. The molecule has 0 atom stereocenters. The average molecular weight is 361 g/mol. The third-order valence-corrected chi connectivity index (χ3v) is 5.43. The lowest BCUT2D eigenvalue weighted by molar-refractivity contribution is 0.0455. The van der Waals surface area contributed by atoms with E-state index in [1.54, 1.807) is 0 Å². The number of hydrogen-bond acceptors (Lipinski definition) is 4. The first-order valence-electron chi connectivity index (χ1n) is 9.74. The molecule has 138 valence electrons. The van der Waals surface area contributed by atoms with Gasteiger partial charge >= 0.3 is 0 Å². The third kappa shape index (κ3) is 3.07. The summed E-state index contributed by atoms with van der Waals surface area (Å²) in [4.78, 5) is 13.2. The van der Waals surface area contributed by atoms with Gasteiger partial charge in [-0.25, -0.2) is 4.98 Å². The highest BCUT2D eigenvalue weighted by Gasteiger charge is 2.32. The molecule has 5 rings (SSSR count). The Labute approximate surface area is 158 Å². The van der Waals surface area contributed by atoms with Crippen LogP contribution in [0.2, 0.25) is 0 Å². The maximum Gasteiger partial charge on any atom is 0.285 e. The number of aryl methyl sites for hydroxylation is 1. The van der Waals surface area contributed by atoms with Crippen LogP contribution in [0.15, 0.2) is 42.5 Å². The number of aromatic amines is 1. The zero-order chi connectivity index (χ0) is 18.2. The van der Waals surface area contributed by atoms with Crippen LogP contribution in [-0.4, -0.2) is 15.0 Å². The van der Waals surface area contributed by atoms with E-state index in [4.69, 9.17) is 14.5 Å². The van der Waals surface area contributed by atoms with Crippen molar-refractivity contribution >= 4 is 0 Å². The molecule has 1 fully saturated rings. The van der Waals surface area contributed by atoms with E-state index in [1.807, 2.05) is 49.4 Å².